The van der Waals surface area contributed by atoms with E-state index >= 15 is 0 Å². The number of ether oxygens (including phenoxy) is 1. The Hall–Kier alpha value is -1.06. The number of carbonyl (C=O) groups is 2. The van der Waals surface area contributed by atoms with Crippen LogP contribution in [0.25, 0.3) is 0 Å². The van der Waals surface area contributed by atoms with Crippen LogP contribution >= 0.6 is 23.2 Å². The number of Topliss-reactive ketones (excluding diaryl/α,β-unsaturated/α-hetero) is 1. The van der Waals surface area contributed by atoms with Gasteiger partial charge in [-0.1, -0.05) is 48.5 Å². The molecule has 3 nitrogen and oxygen atoms in total. The summed E-state index contributed by atoms with van der Waals surface area (Å²) in [4.78, 5) is 25.6. The number of benzene rings is 1. The summed E-state index contributed by atoms with van der Waals surface area (Å²) in [6.07, 6.45) is 3.85. The van der Waals surface area contributed by atoms with Gasteiger partial charge in [-0.25, -0.2) is 0 Å². The topological polar surface area (TPSA) is 43.4 Å². The van der Waals surface area contributed by atoms with Gasteiger partial charge < -0.3 is 4.74 Å². The molecule has 1 aliphatic heterocycles. The monoisotopic (exact) mass is 354 g/mol. The molecule has 0 unspecified atom stereocenters. The van der Waals surface area contributed by atoms with E-state index in [2.05, 4.69) is 0 Å². The first-order valence-electron chi connectivity index (χ1n) is 8.00. The predicted molar refractivity (Wildman–Crippen MR) is 89.6 cm³/mol. The molecular formula is C18H20Cl2O3. The van der Waals surface area contributed by atoms with Gasteiger partial charge >= 0.3 is 5.97 Å². The smallest absolute Gasteiger partial charge is 0.319 e. The zero-order chi connectivity index (χ0) is 16.8. The molecule has 1 spiro atoms. The van der Waals surface area contributed by atoms with Gasteiger partial charge in [0.2, 0.25) is 0 Å². The normalized spacial score (nSPS) is 26.2. The van der Waals surface area contributed by atoms with Crippen LogP contribution in [0.2, 0.25) is 10.0 Å². The van der Waals surface area contributed by atoms with Gasteiger partial charge in [-0.2, -0.15) is 0 Å². The summed E-state index contributed by atoms with van der Waals surface area (Å²) in [7, 11) is 0. The third kappa shape index (κ3) is 2.58. The van der Waals surface area contributed by atoms with Gasteiger partial charge in [0.05, 0.1) is 5.41 Å². The summed E-state index contributed by atoms with van der Waals surface area (Å²) >= 11 is 12.3. The standard InChI is InChI=1S/C18H20Cl2O3/c1-17(2)15(21)18(8-4-3-5-9-18)14(23-16(17)22)12-7-6-11(19)10-13(12)20/h6-7,10,14H,3-5,8-9H2,1-2H3/t14-/m0/s1. The minimum absolute atomic E-state index is 0.0167. The number of rotatable bonds is 1. The van der Waals surface area contributed by atoms with Crippen LogP contribution < -0.4 is 0 Å². The zero-order valence-corrected chi connectivity index (χ0v) is 14.8. The van der Waals surface area contributed by atoms with Gasteiger partial charge in [-0.05, 0) is 38.8 Å². The Morgan fingerprint density at radius 2 is 1.74 bits per heavy atom. The number of halogens is 2. The van der Waals surface area contributed by atoms with E-state index in [4.69, 9.17) is 27.9 Å². The molecule has 0 N–H and O–H groups in total. The van der Waals surface area contributed by atoms with Crippen LogP contribution in [0.15, 0.2) is 18.2 Å². The van der Waals surface area contributed by atoms with E-state index in [0.29, 0.717) is 15.6 Å². The summed E-state index contributed by atoms with van der Waals surface area (Å²) < 4.78 is 5.78. The molecule has 1 atom stereocenters. The van der Waals surface area contributed by atoms with Crippen molar-refractivity contribution < 1.29 is 14.3 Å². The number of esters is 1. The van der Waals surface area contributed by atoms with Gasteiger partial charge in [0.25, 0.3) is 0 Å². The van der Waals surface area contributed by atoms with Crippen molar-refractivity contribution in [3.8, 4) is 0 Å². The summed E-state index contributed by atoms with van der Waals surface area (Å²) in [5, 5.41) is 0.956. The van der Waals surface area contributed by atoms with Crippen LogP contribution in [0, 0.1) is 10.8 Å². The van der Waals surface area contributed by atoms with Crippen LogP contribution in [0.4, 0.5) is 0 Å². The van der Waals surface area contributed by atoms with Crippen molar-refractivity contribution in [1.82, 2.24) is 0 Å². The van der Waals surface area contributed by atoms with Crippen molar-refractivity contribution in [1.29, 1.82) is 0 Å². The largest absolute Gasteiger partial charge is 0.456 e. The van der Waals surface area contributed by atoms with Crippen LogP contribution in [0.5, 0.6) is 0 Å². The lowest BCUT2D eigenvalue weighted by molar-refractivity contribution is -0.192. The first-order valence-corrected chi connectivity index (χ1v) is 8.75. The fourth-order valence-corrected chi connectivity index (χ4v) is 4.46. The molecule has 0 amide bonds. The number of hydrogen-bond acceptors (Lipinski definition) is 3. The van der Waals surface area contributed by atoms with Crippen molar-refractivity contribution in [3.05, 3.63) is 33.8 Å². The first-order chi connectivity index (χ1) is 10.8. The third-order valence-corrected chi connectivity index (χ3v) is 5.81. The highest BCUT2D eigenvalue weighted by Crippen LogP contribution is 2.56. The number of cyclic esters (lactones) is 1. The molecule has 1 heterocycles. The molecule has 1 saturated carbocycles. The zero-order valence-electron chi connectivity index (χ0n) is 13.3. The lowest BCUT2D eigenvalue weighted by atomic mass is 9.59. The highest BCUT2D eigenvalue weighted by Gasteiger charge is 2.60. The Balaban J connectivity index is 2.12. The second-order valence-electron chi connectivity index (χ2n) is 7.12. The summed E-state index contributed by atoms with van der Waals surface area (Å²) in [6, 6.07) is 5.12. The third-order valence-electron chi connectivity index (χ3n) is 5.25. The average Bonchev–Trinajstić information content (AvgIpc) is 2.51. The second kappa shape index (κ2) is 5.78. The molecule has 0 bridgehead atoms. The SMILES string of the molecule is CC1(C)C(=O)O[C@@H](c2ccc(Cl)cc2Cl)C2(CCCCC2)C1=O. The van der Waals surface area contributed by atoms with E-state index in [1.807, 2.05) is 0 Å². The van der Waals surface area contributed by atoms with Gasteiger partial charge in [0, 0.05) is 15.6 Å². The minimum atomic E-state index is -1.10. The maximum atomic E-state index is 13.2. The first kappa shape index (κ1) is 16.8. The number of hydrogen-bond donors (Lipinski definition) is 0. The van der Waals surface area contributed by atoms with E-state index in [1.54, 1.807) is 32.0 Å². The Kier molecular flexibility index (Phi) is 4.22. The quantitative estimate of drug-likeness (QED) is 0.518. The van der Waals surface area contributed by atoms with Crippen molar-refractivity contribution in [2.24, 2.45) is 10.8 Å². The molecule has 3 rings (SSSR count). The van der Waals surface area contributed by atoms with Crippen molar-refractivity contribution >= 4 is 35.0 Å². The van der Waals surface area contributed by atoms with Crippen molar-refractivity contribution in [2.75, 3.05) is 0 Å². The molecule has 1 saturated heterocycles. The highest BCUT2D eigenvalue weighted by molar-refractivity contribution is 6.35. The van der Waals surface area contributed by atoms with Gasteiger partial charge in [0.1, 0.15) is 11.5 Å². The predicted octanol–water partition coefficient (Wildman–Crippen LogP) is 5.14. The Labute approximate surface area is 146 Å². The summed E-state index contributed by atoms with van der Waals surface area (Å²) in [6.45, 7) is 3.32. The molecule has 2 aliphatic rings. The van der Waals surface area contributed by atoms with Crippen molar-refractivity contribution in [2.45, 2.75) is 52.1 Å². The van der Waals surface area contributed by atoms with Crippen LogP contribution in [0.1, 0.15) is 57.6 Å². The minimum Gasteiger partial charge on any atom is -0.456 e. The average molecular weight is 355 g/mol. The molecule has 1 aromatic carbocycles. The lowest BCUT2D eigenvalue weighted by Crippen LogP contribution is -2.55. The number of carbonyl (C=O) groups excluding carboxylic acids is 2. The molecule has 2 fully saturated rings. The molecular weight excluding hydrogens is 335 g/mol. The van der Waals surface area contributed by atoms with Crippen LogP contribution in [-0.4, -0.2) is 11.8 Å². The Bertz CT molecular complexity index is 660. The highest BCUT2D eigenvalue weighted by atomic mass is 35.5. The van der Waals surface area contributed by atoms with E-state index < -0.39 is 22.9 Å². The molecule has 0 aromatic heterocycles. The molecule has 1 aromatic rings. The van der Waals surface area contributed by atoms with Gasteiger partial charge in [0.15, 0.2) is 5.78 Å². The van der Waals surface area contributed by atoms with E-state index in [-0.39, 0.29) is 5.78 Å². The van der Waals surface area contributed by atoms with E-state index in [0.717, 1.165) is 32.1 Å². The van der Waals surface area contributed by atoms with Crippen LogP contribution in [0.3, 0.4) is 0 Å². The van der Waals surface area contributed by atoms with Crippen molar-refractivity contribution in [3.63, 3.8) is 0 Å². The molecule has 5 heteroatoms. The second-order valence-corrected chi connectivity index (χ2v) is 7.97. The maximum absolute atomic E-state index is 13.2. The Morgan fingerprint density at radius 1 is 1.09 bits per heavy atom. The van der Waals surface area contributed by atoms with Crippen LogP contribution in [-0.2, 0) is 14.3 Å². The Morgan fingerprint density at radius 3 is 2.35 bits per heavy atom. The molecule has 1 aliphatic carbocycles. The maximum Gasteiger partial charge on any atom is 0.319 e. The summed E-state index contributed by atoms with van der Waals surface area (Å²) in [5.74, 6) is -0.494. The van der Waals surface area contributed by atoms with E-state index in [1.165, 1.54) is 0 Å². The van der Waals surface area contributed by atoms with E-state index in [9.17, 15) is 9.59 Å². The number of ketones is 1. The molecule has 0 radical (unpaired) electrons. The summed E-state index contributed by atoms with van der Waals surface area (Å²) in [5.41, 5.74) is -1.10. The fourth-order valence-electron chi connectivity index (χ4n) is 3.95. The van der Waals surface area contributed by atoms with Gasteiger partial charge in [-0.15, -0.1) is 0 Å². The fraction of sp³-hybridized carbons (Fsp3) is 0.556. The van der Waals surface area contributed by atoms with Gasteiger partial charge in [-0.3, -0.25) is 9.59 Å². The molecule has 23 heavy (non-hydrogen) atoms. The molecule has 124 valence electrons. The lowest BCUT2D eigenvalue weighted by Gasteiger charge is -2.49.